The van der Waals surface area contributed by atoms with E-state index < -0.39 is 0 Å². The average Bonchev–Trinajstić information content (AvgIpc) is 2.55. The molecular weight excluding hydrogens is 258 g/mol. The zero-order valence-electron chi connectivity index (χ0n) is 13.0. The molecule has 0 heterocycles. The van der Waals surface area contributed by atoms with Gasteiger partial charge in [0, 0.05) is 6.04 Å². The third-order valence-corrected chi connectivity index (χ3v) is 3.65. The molecule has 2 aromatic rings. The summed E-state index contributed by atoms with van der Waals surface area (Å²) in [6.45, 7) is 2.90. The van der Waals surface area contributed by atoms with Crippen molar-refractivity contribution >= 4 is 0 Å². The first-order valence-corrected chi connectivity index (χ1v) is 7.77. The van der Waals surface area contributed by atoms with E-state index in [0.29, 0.717) is 6.04 Å². The molecule has 0 aliphatic rings. The maximum atomic E-state index is 5.73. The van der Waals surface area contributed by atoms with Crippen LogP contribution in [0.3, 0.4) is 0 Å². The Bertz CT molecular complexity index is 524. The molecule has 0 fully saturated rings. The van der Waals surface area contributed by atoms with E-state index in [4.69, 9.17) is 4.74 Å². The highest BCUT2D eigenvalue weighted by Crippen LogP contribution is 2.23. The van der Waals surface area contributed by atoms with Gasteiger partial charge in [-0.25, -0.2) is 0 Å². The van der Waals surface area contributed by atoms with Crippen molar-refractivity contribution < 1.29 is 4.74 Å². The van der Waals surface area contributed by atoms with Crippen molar-refractivity contribution in [2.24, 2.45) is 0 Å². The topological polar surface area (TPSA) is 21.3 Å². The minimum atomic E-state index is 0.357. The Morgan fingerprint density at radius 2 is 1.86 bits per heavy atom. The summed E-state index contributed by atoms with van der Waals surface area (Å²) in [6.07, 6.45) is 3.19. The summed E-state index contributed by atoms with van der Waals surface area (Å²) >= 11 is 0. The van der Waals surface area contributed by atoms with E-state index in [1.807, 2.05) is 13.1 Å². The second-order valence-corrected chi connectivity index (χ2v) is 5.29. The van der Waals surface area contributed by atoms with Crippen LogP contribution in [0, 0.1) is 0 Å². The van der Waals surface area contributed by atoms with Crippen LogP contribution in [0.2, 0.25) is 0 Å². The van der Waals surface area contributed by atoms with Crippen LogP contribution < -0.4 is 10.1 Å². The maximum Gasteiger partial charge on any atom is 0.119 e. The summed E-state index contributed by atoms with van der Waals surface area (Å²) < 4.78 is 5.73. The normalized spacial score (nSPS) is 12.1. The lowest BCUT2D eigenvalue weighted by Gasteiger charge is -2.17. The highest BCUT2D eigenvalue weighted by molar-refractivity contribution is 5.31. The molecule has 1 atom stereocenters. The largest absolute Gasteiger partial charge is 0.494 e. The Morgan fingerprint density at radius 3 is 2.57 bits per heavy atom. The van der Waals surface area contributed by atoms with Crippen LogP contribution >= 0.6 is 0 Å². The van der Waals surface area contributed by atoms with Crippen molar-refractivity contribution in [1.82, 2.24) is 5.32 Å². The maximum absolute atomic E-state index is 5.73. The standard InChI is InChI=1S/C19H25NO/c1-3-14-21-18-11-7-10-17(15-18)19(20-2)13-12-16-8-5-4-6-9-16/h4-11,15,19-20H,3,12-14H2,1-2H3. The van der Waals surface area contributed by atoms with E-state index in [0.717, 1.165) is 31.6 Å². The van der Waals surface area contributed by atoms with Gasteiger partial charge in [-0.2, -0.15) is 0 Å². The van der Waals surface area contributed by atoms with Crippen LogP contribution in [0.15, 0.2) is 54.6 Å². The van der Waals surface area contributed by atoms with E-state index in [1.165, 1.54) is 11.1 Å². The Labute approximate surface area is 128 Å². The van der Waals surface area contributed by atoms with Gasteiger partial charge in [0.1, 0.15) is 5.75 Å². The Kier molecular flexibility index (Phi) is 6.29. The van der Waals surface area contributed by atoms with E-state index >= 15 is 0 Å². The molecule has 2 aromatic carbocycles. The second kappa shape index (κ2) is 8.48. The molecule has 2 heteroatoms. The minimum Gasteiger partial charge on any atom is -0.494 e. The van der Waals surface area contributed by atoms with Gasteiger partial charge in [-0.15, -0.1) is 0 Å². The first kappa shape index (κ1) is 15.6. The number of hydrogen-bond acceptors (Lipinski definition) is 2. The molecule has 0 aliphatic carbocycles. The van der Waals surface area contributed by atoms with Crippen LogP contribution in [-0.2, 0) is 6.42 Å². The smallest absolute Gasteiger partial charge is 0.119 e. The Hall–Kier alpha value is -1.80. The quantitative estimate of drug-likeness (QED) is 0.777. The highest BCUT2D eigenvalue weighted by atomic mass is 16.5. The van der Waals surface area contributed by atoms with Gasteiger partial charge in [0.15, 0.2) is 0 Å². The average molecular weight is 283 g/mol. The van der Waals surface area contributed by atoms with E-state index in [-0.39, 0.29) is 0 Å². The summed E-state index contributed by atoms with van der Waals surface area (Å²) in [7, 11) is 2.02. The fourth-order valence-corrected chi connectivity index (χ4v) is 2.47. The van der Waals surface area contributed by atoms with Crippen molar-refractivity contribution in [2.75, 3.05) is 13.7 Å². The predicted molar refractivity (Wildman–Crippen MR) is 88.8 cm³/mol. The van der Waals surface area contributed by atoms with Gasteiger partial charge in [-0.05, 0) is 49.6 Å². The van der Waals surface area contributed by atoms with Crippen LogP contribution in [-0.4, -0.2) is 13.7 Å². The molecule has 1 N–H and O–H groups in total. The van der Waals surface area contributed by atoms with Crippen LogP contribution in [0.1, 0.15) is 36.9 Å². The number of rotatable bonds is 8. The number of nitrogens with one attached hydrogen (secondary N) is 1. The molecule has 0 amide bonds. The van der Waals surface area contributed by atoms with Crippen molar-refractivity contribution in [2.45, 2.75) is 32.2 Å². The lowest BCUT2D eigenvalue weighted by molar-refractivity contribution is 0.316. The summed E-state index contributed by atoms with van der Waals surface area (Å²) in [5.74, 6) is 0.967. The van der Waals surface area contributed by atoms with Gasteiger partial charge in [0.25, 0.3) is 0 Å². The third kappa shape index (κ3) is 4.91. The Morgan fingerprint density at radius 1 is 1.05 bits per heavy atom. The van der Waals surface area contributed by atoms with Gasteiger partial charge in [0.05, 0.1) is 6.61 Å². The first-order valence-electron chi connectivity index (χ1n) is 7.77. The lowest BCUT2D eigenvalue weighted by atomic mass is 9.99. The van der Waals surface area contributed by atoms with Gasteiger partial charge >= 0.3 is 0 Å². The molecule has 21 heavy (non-hydrogen) atoms. The SMILES string of the molecule is CCCOc1cccc(C(CCc2ccccc2)NC)c1. The van der Waals surface area contributed by atoms with Crippen molar-refractivity contribution in [3.8, 4) is 5.75 Å². The van der Waals surface area contributed by atoms with Crippen LogP contribution in [0.25, 0.3) is 0 Å². The van der Waals surface area contributed by atoms with E-state index in [1.54, 1.807) is 0 Å². The van der Waals surface area contributed by atoms with Crippen molar-refractivity contribution in [3.63, 3.8) is 0 Å². The van der Waals surface area contributed by atoms with Crippen LogP contribution in [0.5, 0.6) is 5.75 Å². The third-order valence-electron chi connectivity index (χ3n) is 3.65. The Balaban J connectivity index is 1.99. The molecule has 1 unspecified atom stereocenters. The van der Waals surface area contributed by atoms with Crippen molar-refractivity contribution in [1.29, 1.82) is 0 Å². The fraction of sp³-hybridized carbons (Fsp3) is 0.368. The summed E-state index contributed by atoms with van der Waals surface area (Å²) in [6, 6.07) is 19.4. The lowest BCUT2D eigenvalue weighted by Crippen LogP contribution is -2.17. The molecule has 0 radical (unpaired) electrons. The van der Waals surface area contributed by atoms with E-state index in [9.17, 15) is 0 Å². The molecule has 2 rings (SSSR count). The molecule has 0 saturated carbocycles. The number of ether oxygens (including phenoxy) is 1. The molecule has 112 valence electrons. The molecular formula is C19H25NO. The zero-order valence-corrected chi connectivity index (χ0v) is 13.0. The van der Waals surface area contributed by atoms with Gasteiger partial charge in [-0.3, -0.25) is 0 Å². The van der Waals surface area contributed by atoms with Crippen LogP contribution in [0.4, 0.5) is 0 Å². The van der Waals surface area contributed by atoms with Gasteiger partial charge in [0.2, 0.25) is 0 Å². The summed E-state index contributed by atoms with van der Waals surface area (Å²) in [4.78, 5) is 0. The zero-order chi connectivity index (χ0) is 14.9. The monoisotopic (exact) mass is 283 g/mol. The summed E-state index contributed by atoms with van der Waals surface area (Å²) in [5.41, 5.74) is 2.68. The fourth-order valence-electron chi connectivity index (χ4n) is 2.47. The van der Waals surface area contributed by atoms with Crippen molar-refractivity contribution in [3.05, 3.63) is 65.7 Å². The minimum absolute atomic E-state index is 0.357. The van der Waals surface area contributed by atoms with Gasteiger partial charge in [-0.1, -0.05) is 49.4 Å². The molecule has 0 aromatic heterocycles. The second-order valence-electron chi connectivity index (χ2n) is 5.29. The molecule has 2 nitrogen and oxygen atoms in total. The summed E-state index contributed by atoms with van der Waals surface area (Å²) in [5, 5.41) is 3.42. The predicted octanol–water partition coefficient (Wildman–Crippen LogP) is 4.37. The molecule has 0 bridgehead atoms. The van der Waals surface area contributed by atoms with Gasteiger partial charge < -0.3 is 10.1 Å². The van der Waals surface area contributed by atoms with E-state index in [2.05, 4.69) is 60.8 Å². The number of hydrogen-bond donors (Lipinski definition) is 1. The number of benzene rings is 2. The molecule has 0 aliphatic heterocycles. The highest BCUT2D eigenvalue weighted by Gasteiger charge is 2.10. The molecule has 0 spiro atoms. The first-order chi connectivity index (χ1) is 10.3. The number of aryl methyl sites for hydroxylation is 1. The molecule has 0 saturated heterocycles.